The van der Waals surface area contributed by atoms with E-state index in [1.54, 1.807) is 0 Å². The predicted molar refractivity (Wildman–Crippen MR) is 40.0 cm³/mol. The molecule has 1 rings (SSSR count). The fraction of sp³-hybridized carbons (Fsp3) is 0. The van der Waals surface area contributed by atoms with Crippen LogP contribution >= 0.6 is 14.1 Å². The van der Waals surface area contributed by atoms with Gasteiger partial charge in [0.05, 0.1) is 0 Å². The molecule has 0 aromatic heterocycles. The monoisotopic (exact) mass is 408 g/mol. The van der Waals surface area contributed by atoms with Crippen molar-refractivity contribution in [2.45, 2.75) is 0 Å². The Morgan fingerprint density at radius 3 is 1.33 bits per heavy atom. The van der Waals surface area contributed by atoms with Gasteiger partial charge in [-0.25, -0.2) is 0 Å². The average Bonchev–Trinajstić information content (AvgIpc) is 1.96. The molecule has 0 saturated carbocycles. The smallest absolute Gasteiger partial charge is 0.184 e. The molecular weight excluding hydrogens is 407 g/mol. The molecule has 0 saturated heterocycles. The molecule has 0 amide bonds. The molecule has 0 aliphatic heterocycles. The van der Waals surface area contributed by atoms with Crippen molar-refractivity contribution in [2.24, 2.45) is 0 Å². The van der Waals surface area contributed by atoms with Crippen molar-refractivity contribution in [3.8, 4) is 0 Å². The summed E-state index contributed by atoms with van der Waals surface area (Å²) in [6, 6.07) is 12.5. The minimum Gasteiger partial charge on any atom is -0.184 e. The maximum Gasteiger partial charge on any atom is 2.00 e. The van der Waals surface area contributed by atoms with E-state index in [-0.39, 0.29) is 75.9 Å². The predicted octanol–water partition coefficient (Wildman–Crippen LogP) is -7.04. The van der Waals surface area contributed by atoms with Crippen molar-refractivity contribution in [2.75, 3.05) is 0 Å². The Kier molecular flexibility index (Phi) is 71.3. The van der Waals surface area contributed by atoms with Gasteiger partial charge in [0.25, 0.3) is 0 Å². The summed E-state index contributed by atoms with van der Waals surface area (Å²) in [5, 5.41) is 0. The zero-order valence-corrected chi connectivity index (χ0v) is 13.6. The van der Waals surface area contributed by atoms with Crippen molar-refractivity contribution in [3.05, 3.63) is 36.4 Å². The maximum atomic E-state index is 4.00. The van der Waals surface area contributed by atoms with Gasteiger partial charge in [-0.15, -0.1) is 0 Å². The molecule has 0 atom stereocenters. The van der Waals surface area contributed by atoms with Crippen molar-refractivity contribution < 1.29 is 67.0 Å². The molecule has 1 aromatic rings. The van der Waals surface area contributed by atoms with Crippen LogP contribution in [0.25, 0.3) is 0 Å². The van der Waals surface area contributed by atoms with Crippen molar-refractivity contribution in [3.63, 3.8) is 0 Å². The fourth-order valence-corrected chi connectivity index (χ4v) is 0.342. The van der Waals surface area contributed by atoms with Gasteiger partial charge in [0.2, 0.25) is 0 Å². The molecular formula is C6H5Br3CuLiMg. The van der Waals surface area contributed by atoms with E-state index in [1.807, 2.05) is 30.3 Å². The van der Waals surface area contributed by atoms with Crippen LogP contribution in [-0.2, 0) is 14.2 Å². The Labute approximate surface area is 138 Å². The van der Waals surface area contributed by atoms with Gasteiger partial charge in [-0.3, -0.25) is 0 Å². The van der Waals surface area contributed by atoms with Gasteiger partial charge in [-0.1, -0.05) is 0 Å². The van der Waals surface area contributed by atoms with Crippen LogP contribution in [0.5, 0.6) is 0 Å². The summed E-state index contributed by atoms with van der Waals surface area (Å²) in [5.41, 5.74) is 0. The summed E-state index contributed by atoms with van der Waals surface area (Å²) in [4.78, 5) is 0. The second kappa shape index (κ2) is 29.2. The van der Waals surface area contributed by atoms with Crippen LogP contribution in [0.2, 0.25) is 0 Å². The summed E-state index contributed by atoms with van der Waals surface area (Å²) in [5.74, 6) is 0. The first kappa shape index (κ1) is 29.3. The first-order valence-electron chi connectivity index (χ1n) is 2.02. The van der Waals surface area contributed by atoms with Gasteiger partial charge in [0.1, 0.15) is 0 Å². The first-order chi connectivity index (χ1) is 4.00. The van der Waals surface area contributed by atoms with Crippen molar-refractivity contribution >= 4 is 37.2 Å². The van der Waals surface area contributed by atoms with Gasteiger partial charge in [0.15, 0.2) is 0 Å². The normalized spacial score (nSPS) is 4.58. The van der Waals surface area contributed by atoms with Crippen LogP contribution in [0, 0.1) is 6.07 Å². The molecule has 6 heteroatoms. The molecule has 0 N–H and O–H groups in total. The van der Waals surface area contributed by atoms with Crippen LogP contribution < -0.4 is 52.8 Å². The molecule has 12 heavy (non-hydrogen) atoms. The first-order valence-corrected chi connectivity index (χ1v) is 4.35. The molecule has 0 bridgehead atoms. The Morgan fingerprint density at radius 1 is 0.917 bits per heavy atom. The third kappa shape index (κ3) is 22.9. The topological polar surface area (TPSA) is 0 Å². The summed E-state index contributed by atoms with van der Waals surface area (Å²) in [6.45, 7) is 0. The van der Waals surface area contributed by atoms with E-state index in [1.165, 1.54) is 0 Å². The number of rotatable bonds is 0. The van der Waals surface area contributed by atoms with Crippen LogP contribution in [0.4, 0.5) is 0 Å². The van der Waals surface area contributed by atoms with E-state index in [0.29, 0.717) is 0 Å². The van der Waals surface area contributed by atoms with Crippen molar-refractivity contribution in [1.29, 1.82) is 0 Å². The van der Waals surface area contributed by atoms with Gasteiger partial charge < -0.3 is 34.0 Å². The summed E-state index contributed by atoms with van der Waals surface area (Å²) in [6.07, 6.45) is 0. The molecule has 0 aliphatic rings. The summed E-state index contributed by atoms with van der Waals surface area (Å²) >= 11 is 6.50. The molecule has 0 spiro atoms. The third-order valence-electron chi connectivity index (χ3n) is 0.607. The number of hydrogen-bond acceptors (Lipinski definition) is 0. The van der Waals surface area contributed by atoms with E-state index in [2.05, 4.69) is 34.4 Å². The number of benzene rings is 1. The van der Waals surface area contributed by atoms with E-state index in [4.69, 9.17) is 0 Å². The second-order valence-corrected chi connectivity index (χ2v) is 1.08. The van der Waals surface area contributed by atoms with E-state index < -0.39 is 0 Å². The van der Waals surface area contributed by atoms with Crippen LogP contribution in [0.1, 0.15) is 0 Å². The molecule has 0 heterocycles. The maximum absolute atomic E-state index is 4.00. The summed E-state index contributed by atoms with van der Waals surface area (Å²) in [7, 11) is 0. The van der Waals surface area contributed by atoms with E-state index in [0.717, 1.165) is 0 Å². The SMILES string of the molecule is [Br-].[Br-].[Cu][Br].[Li+].[Mg+2].[c-]1ccccc1. The Balaban J connectivity index is -0.0000000257. The molecule has 0 nitrogen and oxygen atoms in total. The van der Waals surface area contributed by atoms with Crippen LogP contribution in [0.3, 0.4) is 0 Å². The zero-order chi connectivity index (χ0) is 6.24. The van der Waals surface area contributed by atoms with Crippen molar-refractivity contribution in [1.82, 2.24) is 0 Å². The molecule has 0 fully saturated rings. The number of hydrogen-bond donors (Lipinski definition) is 0. The quantitative estimate of drug-likeness (QED) is 0.294. The van der Waals surface area contributed by atoms with E-state index in [9.17, 15) is 0 Å². The minimum absolute atomic E-state index is 0. The Morgan fingerprint density at radius 2 is 1.25 bits per heavy atom. The fourth-order valence-electron chi connectivity index (χ4n) is 0.342. The minimum atomic E-state index is 0. The molecule has 1 aromatic carbocycles. The van der Waals surface area contributed by atoms with Gasteiger partial charge >= 0.3 is 70.2 Å². The van der Waals surface area contributed by atoms with Crippen LogP contribution in [0.15, 0.2) is 30.3 Å². The molecule has 0 radical (unpaired) electrons. The van der Waals surface area contributed by atoms with Gasteiger partial charge in [-0.05, 0) is 0 Å². The van der Waals surface area contributed by atoms with E-state index >= 15 is 0 Å². The number of halogens is 3. The van der Waals surface area contributed by atoms with Crippen LogP contribution in [-0.4, -0.2) is 23.1 Å². The zero-order valence-electron chi connectivity index (χ0n) is 6.53. The standard InChI is InChI=1S/C6H5.3BrH.Cu.Li.Mg/c1-2-4-6-5-3-1;;;;;;/h1-5H;3*1H;;;/q-1;;;;2*+1;+2/p-3. The molecule has 0 aliphatic carbocycles. The molecule has 0 unspecified atom stereocenters. The average molecular weight is 412 g/mol. The Hall–Kier alpha value is 2.54. The summed E-state index contributed by atoms with van der Waals surface area (Å²) < 4.78 is 0. The Bertz CT molecular complexity index is 94.7. The van der Waals surface area contributed by atoms with Gasteiger partial charge in [-0.2, -0.15) is 36.4 Å². The second-order valence-electron chi connectivity index (χ2n) is 1.08. The molecule has 64 valence electrons. The third-order valence-corrected chi connectivity index (χ3v) is 0.607. The largest absolute Gasteiger partial charge is 2.00 e. The van der Waals surface area contributed by atoms with Gasteiger partial charge in [0, 0.05) is 0 Å².